The molecule has 0 heterocycles. The molecule has 2 aromatic rings. The van der Waals surface area contributed by atoms with Gasteiger partial charge in [-0.15, -0.1) is 0 Å². The Kier molecular flexibility index (Phi) is 7.29. The Bertz CT molecular complexity index is 719. The van der Waals surface area contributed by atoms with E-state index < -0.39 is 5.97 Å². The molecule has 0 fully saturated rings. The van der Waals surface area contributed by atoms with E-state index in [4.69, 9.17) is 16.3 Å². The lowest BCUT2D eigenvalue weighted by Gasteiger charge is -2.09. The van der Waals surface area contributed by atoms with Crippen molar-refractivity contribution >= 4 is 23.5 Å². The third kappa shape index (κ3) is 6.12. The Balaban J connectivity index is 1.72. The predicted molar refractivity (Wildman–Crippen MR) is 96.1 cm³/mol. The smallest absolute Gasteiger partial charge is 0.337 e. The van der Waals surface area contributed by atoms with E-state index in [9.17, 15) is 9.59 Å². The summed E-state index contributed by atoms with van der Waals surface area (Å²) in [5, 5.41) is 3.05. The lowest BCUT2D eigenvalue weighted by atomic mass is 10.1. The molecule has 0 bridgehead atoms. The number of esters is 1. The van der Waals surface area contributed by atoms with Gasteiger partial charge in [-0.1, -0.05) is 41.9 Å². The van der Waals surface area contributed by atoms with Gasteiger partial charge in [0.05, 0.1) is 17.7 Å². The number of methoxy groups -OCH3 is 1. The third-order valence-corrected chi connectivity index (χ3v) is 3.81. The SMILES string of the molecule is COC(=O)c1ccc(OCC(=O)NCCCc2ccccc2)c(Cl)c1. The van der Waals surface area contributed by atoms with Gasteiger partial charge in [-0.2, -0.15) is 0 Å². The standard InChI is InChI=1S/C19H20ClNO4/c1-24-19(23)15-9-10-17(16(20)12-15)25-13-18(22)21-11-5-8-14-6-3-2-4-7-14/h2-4,6-7,9-10,12H,5,8,11,13H2,1H3,(H,21,22). The number of hydrogen-bond acceptors (Lipinski definition) is 4. The van der Waals surface area contributed by atoms with Gasteiger partial charge in [-0.05, 0) is 36.6 Å². The minimum Gasteiger partial charge on any atom is -0.482 e. The average Bonchev–Trinajstić information content (AvgIpc) is 2.64. The first-order chi connectivity index (χ1) is 12.1. The minimum absolute atomic E-state index is 0.136. The molecule has 0 saturated carbocycles. The van der Waals surface area contributed by atoms with Crippen molar-refractivity contribution in [3.63, 3.8) is 0 Å². The van der Waals surface area contributed by atoms with E-state index in [1.807, 2.05) is 18.2 Å². The summed E-state index contributed by atoms with van der Waals surface area (Å²) in [6, 6.07) is 14.6. The maximum Gasteiger partial charge on any atom is 0.337 e. The first kappa shape index (κ1) is 18.8. The molecule has 132 valence electrons. The van der Waals surface area contributed by atoms with Crippen molar-refractivity contribution < 1.29 is 19.1 Å². The van der Waals surface area contributed by atoms with Crippen LogP contribution in [0, 0.1) is 0 Å². The molecule has 2 rings (SSSR count). The van der Waals surface area contributed by atoms with Crippen molar-refractivity contribution in [1.82, 2.24) is 5.32 Å². The van der Waals surface area contributed by atoms with Crippen molar-refractivity contribution in [2.24, 2.45) is 0 Å². The molecule has 0 aromatic heterocycles. The Labute approximate surface area is 151 Å². The number of rotatable bonds is 8. The van der Waals surface area contributed by atoms with Gasteiger partial charge in [0.2, 0.25) is 0 Å². The van der Waals surface area contributed by atoms with Crippen LogP contribution >= 0.6 is 11.6 Å². The molecule has 0 atom stereocenters. The van der Waals surface area contributed by atoms with Gasteiger partial charge in [0, 0.05) is 6.54 Å². The topological polar surface area (TPSA) is 64.6 Å². The molecular formula is C19H20ClNO4. The summed E-state index contributed by atoms with van der Waals surface area (Å²) in [5.74, 6) is -0.362. The van der Waals surface area contributed by atoms with E-state index in [2.05, 4.69) is 22.2 Å². The van der Waals surface area contributed by atoms with E-state index in [0.717, 1.165) is 12.8 Å². The van der Waals surface area contributed by atoms with Crippen LogP contribution in [0.1, 0.15) is 22.3 Å². The summed E-state index contributed by atoms with van der Waals surface area (Å²) < 4.78 is 10.00. The molecule has 0 radical (unpaired) electrons. The van der Waals surface area contributed by atoms with E-state index in [1.165, 1.54) is 30.9 Å². The van der Waals surface area contributed by atoms with Crippen LogP contribution in [-0.2, 0) is 16.0 Å². The third-order valence-electron chi connectivity index (χ3n) is 3.52. The molecule has 0 aliphatic rings. The van der Waals surface area contributed by atoms with Gasteiger partial charge in [0.15, 0.2) is 6.61 Å². The van der Waals surface area contributed by atoms with E-state index in [-0.39, 0.29) is 17.5 Å². The van der Waals surface area contributed by atoms with E-state index >= 15 is 0 Å². The fourth-order valence-electron chi connectivity index (χ4n) is 2.22. The first-order valence-electron chi connectivity index (χ1n) is 7.91. The van der Waals surface area contributed by atoms with Gasteiger partial charge in [-0.25, -0.2) is 4.79 Å². The minimum atomic E-state index is -0.482. The largest absolute Gasteiger partial charge is 0.482 e. The summed E-state index contributed by atoms with van der Waals surface area (Å²) in [7, 11) is 1.29. The van der Waals surface area contributed by atoms with Gasteiger partial charge in [0.1, 0.15) is 5.75 Å². The van der Waals surface area contributed by atoms with E-state index in [0.29, 0.717) is 17.9 Å². The summed E-state index contributed by atoms with van der Waals surface area (Å²) >= 11 is 6.04. The van der Waals surface area contributed by atoms with Crippen molar-refractivity contribution in [3.8, 4) is 5.75 Å². The number of aryl methyl sites for hydroxylation is 1. The molecule has 1 N–H and O–H groups in total. The number of ether oxygens (including phenoxy) is 2. The summed E-state index contributed by atoms with van der Waals surface area (Å²) in [5.41, 5.74) is 1.57. The van der Waals surface area contributed by atoms with Crippen molar-refractivity contribution in [3.05, 3.63) is 64.7 Å². The zero-order chi connectivity index (χ0) is 18.1. The Morgan fingerprint density at radius 1 is 1.12 bits per heavy atom. The first-order valence-corrected chi connectivity index (χ1v) is 8.29. The molecule has 6 heteroatoms. The number of carbonyl (C=O) groups is 2. The van der Waals surface area contributed by atoms with Crippen LogP contribution in [0.5, 0.6) is 5.75 Å². The van der Waals surface area contributed by atoms with Crippen molar-refractivity contribution in [2.75, 3.05) is 20.3 Å². The molecule has 25 heavy (non-hydrogen) atoms. The van der Waals surface area contributed by atoms with Gasteiger partial charge < -0.3 is 14.8 Å². The number of nitrogens with one attached hydrogen (secondary N) is 1. The van der Waals surface area contributed by atoms with Crippen LogP contribution in [0.4, 0.5) is 0 Å². The van der Waals surface area contributed by atoms with Gasteiger partial charge in [-0.3, -0.25) is 4.79 Å². The van der Waals surface area contributed by atoms with Crippen LogP contribution in [0.25, 0.3) is 0 Å². The van der Waals surface area contributed by atoms with Crippen LogP contribution < -0.4 is 10.1 Å². The zero-order valence-electron chi connectivity index (χ0n) is 14.0. The van der Waals surface area contributed by atoms with Crippen molar-refractivity contribution in [2.45, 2.75) is 12.8 Å². The number of hydrogen-bond donors (Lipinski definition) is 1. The second-order valence-electron chi connectivity index (χ2n) is 5.36. The lowest BCUT2D eigenvalue weighted by molar-refractivity contribution is -0.123. The number of amides is 1. The molecule has 0 saturated heterocycles. The molecular weight excluding hydrogens is 342 g/mol. The summed E-state index contributed by atoms with van der Waals surface area (Å²) in [6.07, 6.45) is 1.76. The fraction of sp³-hybridized carbons (Fsp3) is 0.263. The maximum atomic E-state index is 11.8. The lowest BCUT2D eigenvalue weighted by Crippen LogP contribution is -2.30. The Morgan fingerprint density at radius 3 is 2.56 bits per heavy atom. The Morgan fingerprint density at radius 2 is 1.88 bits per heavy atom. The number of halogens is 1. The van der Waals surface area contributed by atoms with Crippen LogP contribution in [0.3, 0.4) is 0 Å². The molecule has 0 unspecified atom stereocenters. The van der Waals surface area contributed by atoms with Gasteiger partial charge >= 0.3 is 5.97 Å². The monoisotopic (exact) mass is 361 g/mol. The van der Waals surface area contributed by atoms with E-state index in [1.54, 1.807) is 0 Å². The summed E-state index contributed by atoms with van der Waals surface area (Å²) in [4.78, 5) is 23.2. The Hall–Kier alpha value is -2.53. The normalized spacial score (nSPS) is 10.2. The zero-order valence-corrected chi connectivity index (χ0v) is 14.7. The quantitative estimate of drug-likeness (QED) is 0.579. The molecule has 1 amide bonds. The average molecular weight is 362 g/mol. The molecule has 5 nitrogen and oxygen atoms in total. The highest BCUT2D eigenvalue weighted by atomic mass is 35.5. The highest BCUT2D eigenvalue weighted by molar-refractivity contribution is 6.32. The predicted octanol–water partition coefficient (Wildman–Crippen LogP) is 3.25. The molecule has 0 aliphatic carbocycles. The molecule has 2 aromatic carbocycles. The molecule has 0 aliphatic heterocycles. The summed E-state index contributed by atoms with van der Waals surface area (Å²) in [6.45, 7) is 0.439. The van der Waals surface area contributed by atoms with Crippen LogP contribution in [0.15, 0.2) is 48.5 Å². The highest BCUT2D eigenvalue weighted by Crippen LogP contribution is 2.25. The number of carbonyl (C=O) groups excluding carboxylic acids is 2. The molecule has 0 spiro atoms. The maximum absolute atomic E-state index is 11.8. The second kappa shape index (κ2) is 9.69. The van der Waals surface area contributed by atoms with Crippen LogP contribution in [0.2, 0.25) is 5.02 Å². The second-order valence-corrected chi connectivity index (χ2v) is 5.77. The fourth-order valence-corrected chi connectivity index (χ4v) is 2.46. The highest BCUT2D eigenvalue weighted by Gasteiger charge is 2.10. The van der Waals surface area contributed by atoms with Crippen LogP contribution in [-0.4, -0.2) is 32.1 Å². The van der Waals surface area contributed by atoms with Crippen molar-refractivity contribution in [1.29, 1.82) is 0 Å². The number of benzene rings is 2. The van der Waals surface area contributed by atoms with Gasteiger partial charge in [0.25, 0.3) is 5.91 Å².